The van der Waals surface area contributed by atoms with E-state index in [2.05, 4.69) is 22.9 Å². The lowest BCUT2D eigenvalue weighted by atomic mass is 10.1. The summed E-state index contributed by atoms with van der Waals surface area (Å²) in [5.41, 5.74) is 7.88. The molecule has 1 aromatic carbocycles. The van der Waals surface area contributed by atoms with Crippen LogP contribution in [0.1, 0.15) is 18.4 Å². The Morgan fingerprint density at radius 3 is 3.06 bits per heavy atom. The van der Waals surface area contributed by atoms with Crippen molar-refractivity contribution < 1.29 is 4.74 Å². The molecule has 0 bridgehead atoms. The predicted molar refractivity (Wildman–Crippen MR) is 76.8 cm³/mol. The number of hydrogen-bond donors (Lipinski definition) is 1. The zero-order valence-electron chi connectivity index (χ0n) is 10.1. The molecule has 2 N–H and O–H groups in total. The first-order valence-corrected chi connectivity index (χ1v) is 6.66. The SMILES string of the molecule is NC(=S)c1cccc2c1ccn2CC1CCCO1. The standard InChI is InChI=1S/C14H16N2OS/c15-14(18)12-4-1-5-13-11(12)6-7-16(13)9-10-3-2-8-17-10/h1,4-7,10H,2-3,8-9H2,(H2,15,18). The van der Waals surface area contributed by atoms with Crippen LogP contribution in [0.2, 0.25) is 0 Å². The van der Waals surface area contributed by atoms with E-state index in [-0.39, 0.29) is 0 Å². The minimum absolute atomic E-state index is 0.342. The molecule has 1 saturated heterocycles. The maximum atomic E-state index is 5.75. The lowest BCUT2D eigenvalue weighted by Gasteiger charge is -2.12. The third-order valence-electron chi connectivity index (χ3n) is 3.50. The molecule has 0 aliphatic carbocycles. The monoisotopic (exact) mass is 260 g/mol. The summed E-state index contributed by atoms with van der Waals surface area (Å²) in [6.45, 7) is 1.80. The molecule has 0 amide bonds. The molecule has 0 saturated carbocycles. The number of fused-ring (bicyclic) bond motifs is 1. The van der Waals surface area contributed by atoms with Gasteiger partial charge in [-0.25, -0.2) is 0 Å². The normalized spacial score (nSPS) is 19.4. The quantitative estimate of drug-likeness (QED) is 0.862. The van der Waals surface area contributed by atoms with Gasteiger partial charge < -0.3 is 15.0 Å². The molecule has 2 aromatic rings. The summed E-state index contributed by atoms with van der Waals surface area (Å²) < 4.78 is 7.91. The highest BCUT2D eigenvalue weighted by Gasteiger charge is 2.17. The Hall–Kier alpha value is -1.39. The topological polar surface area (TPSA) is 40.2 Å². The molecule has 1 aliphatic heterocycles. The van der Waals surface area contributed by atoms with E-state index in [0.717, 1.165) is 30.5 Å². The Bertz CT molecular complexity index is 584. The largest absolute Gasteiger partial charge is 0.389 e. The van der Waals surface area contributed by atoms with E-state index < -0.39 is 0 Å². The van der Waals surface area contributed by atoms with Crippen LogP contribution in [0.3, 0.4) is 0 Å². The third-order valence-corrected chi connectivity index (χ3v) is 3.72. The fourth-order valence-corrected chi connectivity index (χ4v) is 2.78. The second-order valence-electron chi connectivity index (χ2n) is 4.71. The maximum Gasteiger partial charge on any atom is 0.104 e. The van der Waals surface area contributed by atoms with Crippen molar-refractivity contribution in [3.8, 4) is 0 Å². The van der Waals surface area contributed by atoms with Crippen molar-refractivity contribution in [2.45, 2.75) is 25.5 Å². The smallest absolute Gasteiger partial charge is 0.104 e. The molecule has 2 heterocycles. The molecule has 1 unspecified atom stereocenters. The minimum atomic E-state index is 0.342. The van der Waals surface area contributed by atoms with Crippen molar-refractivity contribution in [3.05, 3.63) is 36.0 Å². The Morgan fingerprint density at radius 2 is 2.33 bits per heavy atom. The van der Waals surface area contributed by atoms with Crippen molar-refractivity contribution in [1.82, 2.24) is 4.57 Å². The first kappa shape index (κ1) is 11.7. The van der Waals surface area contributed by atoms with Gasteiger partial charge in [0.1, 0.15) is 4.99 Å². The minimum Gasteiger partial charge on any atom is -0.389 e. The lowest BCUT2D eigenvalue weighted by molar-refractivity contribution is 0.0980. The molecule has 1 aromatic heterocycles. The number of nitrogens with two attached hydrogens (primary N) is 1. The van der Waals surface area contributed by atoms with Crippen molar-refractivity contribution in [2.75, 3.05) is 6.61 Å². The number of hydrogen-bond acceptors (Lipinski definition) is 2. The van der Waals surface area contributed by atoms with Gasteiger partial charge in [-0.15, -0.1) is 0 Å². The fourth-order valence-electron chi connectivity index (χ4n) is 2.61. The average molecular weight is 260 g/mol. The highest BCUT2D eigenvalue weighted by molar-refractivity contribution is 7.80. The number of nitrogens with zero attached hydrogens (tertiary/aromatic N) is 1. The van der Waals surface area contributed by atoms with Gasteiger partial charge in [-0.3, -0.25) is 0 Å². The molecule has 1 fully saturated rings. The van der Waals surface area contributed by atoms with Crippen LogP contribution in [0.5, 0.6) is 0 Å². The molecule has 1 aliphatic rings. The van der Waals surface area contributed by atoms with E-state index in [9.17, 15) is 0 Å². The van der Waals surface area contributed by atoms with Gasteiger partial charge in [0.25, 0.3) is 0 Å². The van der Waals surface area contributed by atoms with E-state index in [1.54, 1.807) is 0 Å². The summed E-state index contributed by atoms with van der Waals surface area (Å²) in [6.07, 6.45) is 4.75. The van der Waals surface area contributed by atoms with Crippen LogP contribution in [0.25, 0.3) is 10.9 Å². The zero-order valence-corrected chi connectivity index (χ0v) is 11.0. The first-order valence-electron chi connectivity index (χ1n) is 6.25. The van der Waals surface area contributed by atoms with Crippen molar-refractivity contribution in [3.63, 3.8) is 0 Å². The molecule has 0 radical (unpaired) electrons. The second-order valence-corrected chi connectivity index (χ2v) is 5.15. The van der Waals surface area contributed by atoms with E-state index >= 15 is 0 Å². The third kappa shape index (κ3) is 2.02. The molecule has 3 rings (SSSR count). The van der Waals surface area contributed by atoms with Crippen LogP contribution >= 0.6 is 12.2 Å². The molecule has 18 heavy (non-hydrogen) atoms. The van der Waals surface area contributed by atoms with Gasteiger partial charge in [0.2, 0.25) is 0 Å². The van der Waals surface area contributed by atoms with Crippen LogP contribution in [0.4, 0.5) is 0 Å². The highest BCUT2D eigenvalue weighted by Crippen LogP contribution is 2.22. The zero-order chi connectivity index (χ0) is 12.5. The van der Waals surface area contributed by atoms with E-state index in [0.29, 0.717) is 11.1 Å². The number of ether oxygens (including phenoxy) is 1. The molecule has 94 valence electrons. The van der Waals surface area contributed by atoms with Gasteiger partial charge in [-0.05, 0) is 25.0 Å². The second kappa shape index (κ2) is 4.71. The molecular weight excluding hydrogens is 244 g/mol. The summed E-state index contributed by atoms with van der Waals surface area (Å²) in [4.78, 5) is 0.454. The van der Waals surface area contributed by atoms with Crippen molar-refractivity contribution in [1.29, 1.82) is 0 Å². The lowest BCUT2D eigenvalue weighted by Crippen LogP contribution is -2.14. The average Bonchev–Trinajstić information content (AvgIpc) is 2.99. The first-order chi connectivity index (χ1) is 8.75. The molecule has 4 heteroatoms. The van der Waals surface area contributed by atoms with Gasteiger partial charge in [-0.1, -0.05) is 24.4 Å². The Morgan fingerprint density at radius 1 is 1.44 bits per heavy atom. The van der Waals surface area contributed by atoms with Crippen molar-refractivity contribution >= 4 is 28.1 Å². The van der Waals surface area contributed by atoms with Crippen molar-refractivity contribution in [2.24, 2.45) is 5.73 Å². The Balaban J connectivity index is 1.98. The maximum absolute atomic E-state index is 5.75. The number of aromatic nitrogens is 1. The van der Waals surface area contributed by atoms with E-state index in [4.69, 9.17) is 22.7 Å². The van der Waals surface area contributed by atoms with Crippen LogP contribution in [-0.4, -0.2) is 22.3 Å². The Labute approximate surface area is 112 Å². The van der Waals surface area contributed by atoms with Crippen LogP contribution in [0.15, 0.2) is 30.5 Å². The molecular formula is C14H16N2OS. The predicted octanol–water partition coefficient (Wildman–Crippen LogP) is 2.45. The van der Waals surface area contributed by atoms with Crippen LogP contribution < -0.4 is 5.73 Å². The van der Waals surface area contributed by atoms with Gasteiger partial charge in [0.05, 0.1) is 6.10 Å². The van der Waals surface area contributed by atoms with Crippen LogP contribution in [0, 0.1) is 0 Å². The molecule has 3 nitrogen and oxygen atoms in total. The fraction of sp³-hybridized carbons (Fsp3) is 0.357. The van der Waals surface area contributed by atoms with Gasteiger partial charge in [-0.2, -0.15) is 0 Å². The summed E-state index contributed by atoms with van der Waals surface area (Å²) in [6, 6.07) is 8.16. The highest BCUT2D eigenvalue weighted by atomic mass is 32.1. The molecule has 0 spiro atoms. The van der Waals surface area contributed by atoms with Gasteiger partial charge in [0, 0.05) is 35.8 Å². The van der Waals surface area contributed by atoms with E-state index in [1.807, 2.05) is 12.1 Å². The summed E-state index contributed by atoms with van der Waals surface area (Å²) in [5, 5.41) is 1.13. The number of thiocarbonyl (C=S) groups is 1. The molecule has 1 atom stereocenters. The van der Waals surface area contributed by atoms with E-state index in [1.165, 1.54) is 11.9 Å². The summed E-state index contributed by atoms with van der Waals surface area (Å²) >= 11 is 5.09. The summed E-state index contributed by atoms with van der Waals surface area (Å²) in [7, 11) is 0. The van der Waals surface area contributed by atoms with Gasteiger partial charge >= 0.3 is 0 Å². The number of benzene rings is 1. The number of rotatable bonds is 3. The summed E-state index contributed by atoms with van der Waals surface area (Å²) in [5.74, 6) is 0. The van der Waals surface area contributed by atoms with Crippen LogP contribution in [-0.2, 0) is 11.3 Å². The van der Waals surface area contributed by atoms with Gasteiger partial charge in [0.15, 0.2) is 0 Å². The Kier molecular flexibility index (Phi) is 3.06.